The molecule has 2 fully saturated rings. The molecule has 37 heavy (non-hydrogen) atoms. The van der Waals surface area contributed by atoms with Gasteiger partial charge in [-0.1, -0.05) is 30.3 Å². The number of likely N-dealkylation sites (tertiary alicyclic amines) is 2. The van der Waals surface area contributed by atoms with E-state index in [1.165, 1.54) is 0 Å². The third-order valence-electron chi connectivity index (χ3n) is 9.07. The van der Waals surface area contributed by atoms with E-state index in [9.17, 15) is 14.7 Å². The minimum Gasteiger partial charge on any atom is -0.460 e. The Balaban J connectivity index is 1.86. The summed E-state index contributed by atoms with van der Waals surface area (Å²) in [6.45, 7) is 16.9. The Hall–Kier alpha value is -1.96. The molecular formula is C30H48N2O5. The Bertz CT molecular complexity index is 893. The van der Waals surface area contributed by atoms with Crippen molar-refractivity contribution in [3.63, 3.8) is 0 Å². The molecule has 0 aliphatic carbocycles. The number of rotatable bonds is 6. The number of nitrogens with zero attached hydrogens (tertiary/aromatic N) is 2. The smallest absolute Gasteiger partial charge is 0.350 e. The Kier molecular flexibility index (Phi) is 7.98. The van der Waals surface area contributed by atoms with Crippen LogP contribution < -0.4 is 0 Å². The minimum atomic E-state index is -2.43. The summed E-state index contributed by atoms with van der Waals surface area (Å²) in [5, 5.41) is 11.7. The van der Waals surface area contributed by atoms with Gasteiger partial charge in [0, 0.05) is 54.3 Å². The van der Waals surface area contributed by atoms with Gasteiger partial charge in [0.05, 0.1) is 0 Å². The van der Waals surface area contributed by atoms with Gasteiger partial charge in [0.15, 0.2) is 0 Å². The van der Waals surface area contributed by atoms with E-state index in [0.717, 1.165) is 0 Å². The van der Waals surface area contributed by atoms with Crippen molar-refractivity contribution in [2.75, 3.05) is 14.1 Å². The second-order valence-corrected chi connectivity index (χ2v) is 13.8. The first-order valence-corrected chi connectivity index (χ1v) is 13.5. The summed E-state index contributed by atoms with van der Waals surface area (Å²) in [6.07, 6.45) is 1.36. The standard InChI is InChI=1S/C30H48N2O5/c1-26(2)17-22(18-27(3,4)31(26)9)36-24(33)30(35,16-21-14-12-11-13-15-21)25(34)37-23-19-28(5,6)32(10)29(7,8)20-23/h11-15,22-23,35H,16-20H2,1-10H3. The molecular weight excluding hydrogens is 468 g/mol. The van der Waals surface area contributed by atoms with Crippen LogP contribution in [-0.4, -0.2) is 80.9 Å². The second-order valence-electron chi connectivity index (χ2n) is 13.8. The van der Waals surface area contributed by atoms with Gasteiger partial charge in [0.2, 0.25) is 0 Å². The third-order valence-corrected chi connectivity index (χ3v) is 9.07. The van der Waals surface area contributed by atoms with Gasteiger partial charge in [-0.3, -0.25) is 9.80 Å². The fraction of sp³-hybridized carbons (Fsp3) is 0.733. The number of carbonyl (C=O) groups excluding carboxylic acids is 2. The molecule has 2 aliphatic heterocycles. The first kappa shape index (κ1) is 29.6. The van der Waals surface area contributed by atoms with E-state index in [4.69, 9.17) is 9.47 Å². The molecule has 2 heterocycles. The van der Waals surface area contributed by atoms with Crippen LogP contribution in [0.4, 0.5) is 0 Å². The van der Waals surface area contributed by atoms with Gasteiger partial charge in [0.1, 0.15) is 12.2 Å². The maximum Gasteiger partial charge on any atom is 0.350 e. The van der Waals surface area contributed by atoms with Crippen molar-refractivity contribution in [2.24, 2.45) is 0 Å². The molecule has 7 heteroatoms. The van der Waals surface area contributed by atoms with Crippen LogP contribution in [0.3, 0.4) is 0 Å². The summed E-state index contributed by atoms with van der Waals surface area (Å²) in [6, 6.07) is 9.06. The molecule has 7 nitrogen and oxygen atoms in total. The molecule has 2 saturated heterocycles. The van der Waals surface area contributed by atoms with E-state index in [1.54, 1.807) is 12.1 Å². The highest BCUT2D eigenvalue weighted by molar-refractivity contribution is 6.03. The van der Waals surface area contributed by atoms with Crippen molar-refractivity contribution in [1.29, 1.82) is 0 Å². The molecule has 0 aromatic heterocycles. The fourth-order valence-corrected chi connectivity index (χ4v) is 6.34. The molecule has 0 atom stereocenters. The van der Waals surface area contributed by atoms with E-state index < -0.39 is 29.7 Å². The van der Waals surface area contributed by atoms with Crippen LogP contribution in [0.1, 0.15) is 86.6 Å². The van der Waals surface area contributed by atoms with Crippen molar-refractivity contribution in [3.05, 3.63) is 35.9 Å². The first-order chi connectivity index (χ1) is 16.8. The topological polar surface area (TPSA) is 79.3 Å². The number of piperidine rings is 2. The van der Waals surface area contributed by atoms with Crippen LogP contribution in [0.2, 0.25) is 0 Å². The van der Waals surface area contributed by atoms with Gasteiger partial charge in [0.25, 0.3) is 5.60 Å². The lowest BCUT2D eigenvalue weighted by atomic mass is 9.78. The van der Waals surface area contributed by atoms with Gasteiger partial charge in [-0.05, 0) is 75.0 Å². The molecule has 0 unspecified atom stereocenters. The molecule has 0 amide bonds. The third kappa shape index (κ3) is 6.21. The molecule has 3 rings (SSSR count). The van der Waals surface area contributed by atoms with Crippen molar-refractivity contribution in [2.45, 2.75) is 127 Å². The summed E-state index contributed by atoms with van der Waals surface area (Å²) in [7, 11) is 4.15. The number of hydrogen-bond acceptors (Lipinski definition) is 7. The van der Waals surface area contributed by atoms with Crippen LogP contribution >= 0.6 is 0 Å². The average Bonchev–Trinajstić information content (AvgIpc) is 2.75. The summed E-state index contributed by atoms with van der Waals surface area (Å²) in [5.41, 5.74) is -2.62. The van der Waals surface area contributed by atoms with E-state index in [0.29, 0.717) is 31.2 Å². The Morgan fingerprint density at radius 1 is 0.757 bits per heavy atom. The predicted molar refractivity (Wildman–Crippen MR) is 145 cm³/mol. The number of aliphatic hydroxyl groups is 1. The Morgan fingerprint density at radius 2 is 1.08 bits per heavy atom. The lowest BCUT2D eigenvalue weighted by Crippen LogP contribution is -2.62. The zero-order chi connectivity index (χ0) is 28.0. The number of esters is 2. The van der Waals surface area contributed by atoms with Gasteiger partial charge in [-0.2, -0.15) is 0 Å². The molecule has 1 aromatic rings. The predicted octanol–water partition coefficient (Wildman–Crippen LogP) is 4.35. The van der Waals surface area contributed by atoms with E-state index in [2.05, 4.69) is 79.3 Å². The highest BCUT2D eigenvalue weighted by Gasteiger charge is 2.53. The van der Waals surface area contributed by atoms with Crippen molar-refractivity contribution >= 4 is 11.9 Å². The highest BCUT2D eigenvalue weighted by Crippen LogP contribution is 2.40. The van der Waals surface area contributed by atoms with E-state index >= 15 is 0 Å². The highest BCUT2D eigenvalue weighted by atomic mass is 16.6. The molecule has 0 bridgehead atoms. The molecule has 2 aliphatic rings. The first-order valence-electron chi connectivity index (χ1n) is 13.5. The molecule has 1 N–H and O–H groups in total. The molecule has 0 radical (unpaired) electrons. The Morgan fingerprint density at radius 3 is 1.41 bits per heavy atom. The fourth-order valence-electron chi connectivity index (χ4n) is 6.34. The average molecular weight is 517 g/mol. The number of hydrogen-bond donors (Lipinski definition) is 1. The summed E-state index contributed by atoms with van der Waals surface area (Å²) < 4.78 is 11.9. The number of ether oxygens (including phenoxy) is 2. The van der Waals surface area contributed by atoms with Crippen LogP contribution in [0.25, 0.3) is 0 Å². The minimum absolute atomic E-state index is 0.204. The largest absolute Gasteiger partial charge is 0.460 e. The molecule has 0 spiro atoms. The van der Waals surface area contributed by atoms with Gasteiger partial charge < -0.3 is 14.6 Å². The van der Waals surface area contributed by atoms with Gasteiger partial charge >= 0.3 is 11.9 Å². The van der Waals surface area contributed by atoms with Crippen molar-refractivity contribution < 1.29 is 24.2 Å². The zero-order valence-corrected chi connectivity index (χ0v) is 24.6. The van der Waals surface area contributed by atoms with Gasteiger partial charge in [-0.15, -0.1) is 0 Å². The van der Waals surface area contributed by atoms with Crippen LogP contribution in [0.15, 0.2) is 30.3 Å². The monoisotopic (exact) mass is 516 g/mol. The van der Waals surface area contributed by atoms with E-state index in [1.807, 2.05) is 18.2 Å². The maximum atomic E-state index is 13.6. The summed E-state index contributed by atoms with van der Waals surface area (Å²) >= 11 is 0. The summed E-state index contributed by atoms with van der Waals surface area (Å²) in [5.74, 6) is -1.87. The molecule has 0 saturated carbocycles. The molecule has 1 aromatic carbocycles. The zero-order valence-electron chi connectivity index (χ0n) is 24.6. The normalized spacial score (nSPS) is 24.4. The number of benzene rings is 1. The van der Waals surface area contributed by atoms with E-state index in [-0.39, 0.29) is 28.6 Å². The maximum absolute atomic E-state index is 13.6. The van der Waals surface area contributed by atoms with Gasteiger partial charge in [-0.25, -0.2) is 9.59 Å². The number of carbonyl (C=O) groups is 2. The summed E-state index contributed by atoms with van der Waals surface area (Å²) in [4.78, 5) is 31.9. The second kappa shape index (κ2) is 9.97. The Labute approximate surface area is 223 Å². The van der Waals surface area contributed by atoms with Crippen molar-refractivity contribution in [3.8, 4) is 0 Å². The lowest BCUT2D eigenvalue weighted by Gasteiger charge is -2.53. The van der Waals surface area contributed by atoms with Crippen LogP contribution in [-0.2, 0) is 25.5 Å². The SMILES string of the molecule is CN1C(C)(C)CC(OC(=O)C(O)(Cc2ccccc2)C(=O)OC2CC(C)(C)N(C)C(C)(C)C2)CC1(C)C. The molecule has 208 valence electrons. The lowest BCUT2D eigenvalue weighted by molar-refractivity contribution is -0.198. The van der Waals surface area contributed by atoms with Crippen LogP contribution in [0.5, 0.6) is 0 Å². The van der Waals surface area contributed by atoms with Crippen molar-refractivity contribution in [1.82, 2.24) is 9.80 Å². The van der Waals surface area contributed by atoms with Crippen LogP contribution in [0, 0.1) is 0 Å². The quantitative estimate of drug-likeness (QED) is 0.445.